The van der Waals surface area contributed by atoms with E-state index in [1.807, 2.05) is 36.5 Å². The first-order chi connectivity index (χ1) is 11.4. The van der Waals surface area contributed by atoms with Crippen LogP contribution in [0.2, 0.25) is 0 Å². The summed E-state index contributed by atoms with van der Waals surface area (Å²) < 4.78 is 5.80. The van der Waals surface area contributed by atoms with Crippen molar-refractivity contribution in [2.75, 3.05) is 0 Å². The second kappa shape index (κ2) is 4.65. The lowest BCUT2D eigenvalue weighted by molar-refractivity contribution is 0.576. The van der Waals surface area contributed by atoms with Crippen LogP contribution >= 0.6 is 0 Å². The van der Waals surface area contributed by atoms with Gasteiger partial charge in [0.2, 0.25) is 0 Å². The van der Waals surface area contributed by atoms with Gasteiger partial charge in [0.05, 0.1) is 5.69 Å². The SMILES string of the molecule is [c]1oc(-c2cc3ccccc3[nH]2)c2c(-c3ccc[nH]3)cccc12. The maximum atomic E-state index is 5.80. The van der Waals surface area contributed by atoms with Crippen molar-refractivity contribution in [2.45, 2.75) is 0 Å². The molecule has 109 valence electrons. The first-order valence-electron chi connectivity index (χ1n) is 7.55. The van der Waals surface area contributed by atoms with Crippen LogP contribution in [0.3, 0.4) is 0 Å². The Bertz CT molecular complexity index is 1080. The summed E-state index contributed by atoms with van der Waals surface area (Å²) in [7, 11) is 0. The maximum Gasteiger partial charge on any atom is 0.178 e. The van der Waals surface area contributed by atoms with Crippen LogP contribution in [-0.2, 0) is 0 Å². The Morgan fingerprint density at radius 1 is 0.870 bits per heavy atom. The number of aromatic nitrogens is 2. The Labute approximate surface area is 132 Å². The molecule has 0 aliphatic carbocycles. The predicted molar refractivity (Wildman–Crippen MR) is 92.1 cm³/mol. The van der Waals surface area contributed by atoms with Gasteiger partial charge in [-0.3, -0.25) is 0 Å². The fraction of sp³-hybridized carbons (Fsp3) is 0. The van der Waals surface area contributed by atoms with Crippen molar-refractivity contribution in [3.8, 4) is 22.7 Å². The number of aromatic amines is 2. The van der Waals surface area contributed by atoms with Crippen LogP contribution in [-0.4, -0.2) is 9.97 Å². The molecule has 5 rings (SSSR count). The number of H-pyrrole nitrogens is 2. The predicted octanol–water partition coefficient (Wildman–Crippen LogP) is 5.38. The van der Waals surface area contributed by atoms with Crippen molar-refractivity contribution in [1.82, 2.24) is 9.97 Å². The molecule has 3 nitrogen and oxygen atoms in total. The third-order valence-electron chi connectivity index (χ3n) is 4.22. The molecule has 0 amide bonds. The van der Waals surface area contributed by atoms with Gasteiger partial charge in [0.25, 0.3) is 0 Å². The van der Waals surface area contributed by atoms with E-state index in [0.717, 1.165) is 39.0 Å². The first kappa shape index (κ1) is 12.4. The third kappa shape index (κ3) is 1.83. The molecular formula is C20H13N2O. The van der Waals surface area contributed by atoms with E-state index in [2.05, 4.69) is 46.6 Å². The molecule has 1 radical (unpaired) electrons. The minimum atomic E-state index is 0.821. The van der Waals surface area contributed by atoms with Crippen molar-refractivity contribution < 1.29 is 4.42 Å². The number of hydrogen-bond donors (Lipinski definition) is 2. The Morgan fingerprint density at radius 2 is 1.83 bits per heavy atom. The normalized spacial score (nSPS) is 11.5. The fourth-order valence-corrected chi connectivity index (χ4v) is 3.15. The van der Waals surface area contributed by atoms with Crippen LogP contribution in [0.15, 0.2) is 71.3 Å². The highest BCUT2D eigenvalue weighted by Crippen LogP contribution is 2.37. The van der Waals surface area contributed by atoms with Crippen molar-refractivity contribution in [2.24, 2.45) is 0 Å². The molecule has 5 aromatic rings. The van der Waals surface area contributed by atoms with E-state index < -0.39 is 0 Å². The quantitative estimate of drug-likeness (QED) is 0.451. The van der Waals surface area contributed by atoms with Gasteiger partial charge in [0.15, 0.2) is 12.0 Å². The zero-order valence-electron chi connectivity index (χ0n) is 12.3. The van der Waals surface area contributed by atoms with Crippen LogP contribution in [0, 0.1) is 6.26 Å². The van der Waals surface area contributed by atoms with Crippen LogP contribution in [0.25, 0.3) is 44.4 Å². The molecule has 0 aliphatic rings. The molecule has 0 saturated heterocycles. The molecule has 2 N–H and O–H groups in total. The van der Waals surface area contributed by atoms with Crippen LogP contribution < -0.4 is 0 Å². The van der Waals surface area contributed by atoms with E-state index in [-0.39, 0.29) is 0 Å². The number of para-hydroxylation sites is 1. The summed E-state index contributed by atoms with van der Waals surface area (Å²) in [5.74, 6) is 0.821. The van der Waals surface area contributed by atoms with E-state index in [1.54, 1.807) is 0 Å². The van der Waals surface area contributed by atoms with Crippen molar-refractivity contribution in [3.63, 3.8) is 0 Å². The minimum Gasteiger partial charge on any atom is -0.450 e. The minimum absolute atomic E-state index is 0.821. The molecule has 0 aliphatic heterocycles. The Kier molecular flexibility index (Phi) is 2.50. The number of benzene rings is 2. The summed E-state index contributed by atoms with van der Waals surface area (Å²) in [5, 5.41) is 3.22. The smallest absolute Gasteiger partial charge is 0.178 e. The van der Waals surface area contributed by atoms with Gasteiger partial charge in [-0.15, -0.1) is 0 Å². The second-order valence-electron chi connectivity index (χ2n) is 5.62. The zero-order chi connectivity index (χ0) is 15.2. The van der Waals surface area contributed by atoms with E-state index in [1.165, 1.54) is 5.39 Å². The summed E-state index contributed by atoms with van der Waals surface area (Å²) in [4.78, 5) is 6.71. The van der Waals surface area contributed by atoms with Gasteiger partial charge in [-0.2, -0.15) is 0 Å². The fourth-order valence-electron chi connectivity index (χ4n) is 3.15. The molecule has 0 fully saturated rings. The van der Waals surface area contributed by atoms with E-state index in [4.69, 9.17) is 4.42 Å². The van der Waals surface area contributed by atoms with Gasteiger partial charge in [-0.25, -0.2) is 0 Å². The molecule has 0 saturated carbocycles. The molecule has 3 heterocycles. The highest BCUT2D eigenvalue weighted by molar-refractivity contribution is 6.04. The third-order valence-corrected chi connectivity index (χ3v) is 4.22. The van der Waals surface area contributed by atoms with E-state index >= 15 is 0 Å². The molecular weight excluding hydrogens is 284 g/mol. The van der Waals surface area contributed by atoms with Crippen molar-refractivity contribution in [1.29, 1.82) is 0 Å². The Balaban J connectivity index is 1.82. The second-order valence-corrected chi connectivity index (χ2v) is 5.62. The number of hydrogen-bond acceptors (Lipinski definition) is 1. The van der Waals surface area contributed by atoms with Crippen molar-refractivity contribution >= 4 is 21.7 Å². The Morgan fingerprint density at radius 3 is 2.70 bits per heavy atom. The summed E-state index contributed by atoms with van der Waals surface area (Å²) >= 11 is 0. The van der Waals surface area contributed by atoms with Crippen LogP contribution in [0.4, 0.5) is 0 Å². The first-order valence-corrected chi connectivity index (χ1v) is 7.55. The summed E-state index contributed by atoms with van der Waals surface area (Å²) in [6, 6.07) is 20.6. The molecule has 0 bridgehead atoms. The number of fused-ring (bicyclic) bond motifs is 2. The van der Waals surface area contributed by atoms with E-state index in [9.17, 15) is 0 Å². The zero-order valence-corrected chi connectivity index (χ0v) is 12.3. The monoisotopic (exact) mass is 297 g/mol. The molecule has 3 aromatic heterocycles. The molecule has 2 aromatic carbocycles. The molecule has 23 heavy (non-hydrogen) atoms. The number of nitrogens with one attached hydrogen (secondary N) is 2. The maximum absolute atomic E-state index is 5.80. The molecule has 0 spiro atoms. The summed E-state index contributed by atoms with van der Waals surface area (Å²) in [6.45, 7) is 0. The lowest BCUT2D eigenvalue weighted by atomic mass is 10.0. The van der Waals surface area contributed by atoms with E-state index in [0.29, 0.717) is 0 Å². The Hall–Kier alpha value is -3.20. The molecule has 0 unspecified atom stereocenters. The highest BCUT2D eigenvalue weighted by Gasteiger charge is 2.16. The summed E-state index contributed by atoms with van der Waals surface area (Å²) in [5.41, 5.74) is 4.26. The standard InChI is InChI=1S/C20H13N2O/c1-2-8-16-13(5-1)11-18(22-16)20-19-14(12-23-20)6-3-7-15(19)17-9-4-10-21-17/h1-11,21-22H. The van der Waals surface area contributed by atoms with Gasteiger partial charge in [-0.05, 0) is 24.3 Å². The summed E-state index contributed by atoms with van der Waals surface area (Å²) in [6.07, 6.45) is 4.96. The van der Waals surface area contributed by atoms with Gasteiger partial charge >= 0.3 is 0 Å². The number of rotatable bonds is 2. The average molecular weight is 297 g/mol. The number of furan rings is 1. The van der Waals surface area contributed by atoms with Gasteiger partial charge in [0.1, 0.15) is 0 Å². The molecule has 0 atom stereocenters. The van der Waals surface area contributed by atoms with Crippen LogP contribution in [0.1, 0.15) is 0 Å². The largest absolute Gasteiger partial charge is 0.450 e. The highest BCUT2D eigenvalue weighted by atomic mass is 16.3. The lowest BCUT2D eigenvalue weighted by Gasteiger charge is -2.02. The van der Waals surface area contributed by atoms with Gasteiger partial charge in [-0.1, -0.05) is 36.4 Å². The average Bonchev–Trinajstić information content (AvgIpc) is 3.32. The molecule has 3 heteroatoms. The lowest BCUT2D eigenvalue weighted by Crippen LogP contribution is -1.81. The van der Waals surface area contributed by atoms with Crippen molar-refractivity contribution in [3.05, 3.63) is 73.1 Å². The van der Waals surface area contributed by atoms with Gasteiger partial charge in [0, 0.05) is 39.1 Å². The van der Waals surface area contributed by atoms with Crippen LogP contribution in [0.5, 0.6) is 0 Å². The van der Waals surface area contributed by atoms with Gasteiger partial charge < -0.3 is 14.4 Å². The topological polar surface area (TPSA) is 44.7 Å².